The summed E-state index contributed by atoms with van der Waals surface area (Å²) in [4.78, 5) is 7.93. The summed E-state index contributed by atoms with van der Waals surface area (Å²) in [5.41, 5.74) is 2.99. The fourth-order valence-corrected chi connectivity index (χ4v) is 1.62. The molecule has 0 saturated carbocycles. The average molecular weight is 297 g/mol. The van der Waals surface area contributed by atoms with E-state index >= 15 is 0 Å². The maximum Gasteiger partial charge on any atom is 0.387 e. The van der Waals surface area contributed by atoms with Gasteiger partial charge in [-0.05, 0) is 24.3 Å². The zero-order chi connectivity index (χ0) is 15.2. The fourth-order valence-electron chi connectivity index (χ4n) is 1.62. The predicted molar refractivity (Wildman–Crippen MR) is 72.8 cm³/mol. The number of methoxy groups -OCH3 is 1. The van der Waals surface area contributed by atoms with Gasteiger partial charge >= 0.3 is 6.61 Å². The van der Waals surface area contributed by atoms with Gasteiger partial charge in [0, 0.05) is 5.69 Å². The highest BCUT2D eigenvalue weighted by Gasteiger charge is 2.11. The van der Waals surface area contributed by atoms with Gasteiger partial charge in [-0.1, -0.05) is 0 Å². The first-order chi connectivity index (χ1) is 10.1. The van der Waals surface area contributed by atoms with Crippen molar-refractivity contribution in [2.75, 3.05) is 17.9 Å². The molecule has 1 aromatic heterocycles. The molecule has 0 fully saturated rings. The molecule has 1 heterocycles. The van der Waals surface area contributed by atoms with E-state index in [4.69, 9.17) is 10.6 Å². The van der Waals surface area contributed by atoms with E-state index in [-0.39, 0.29) is 5.75 Å². The molecule has 9 heteroatoms. The molecule has 0 bridgehead atoms. The second kappa shape index (κ2) is 6.66. The molecule has 2 aromatic rings. The van der Waals surface area contributed by atoms with Gasteiger partial charge in [0.1, 0.15) is 12.1 Å². The van der Waals surface area contributed by atoms with Crippen LogP contribution in [0.3, 0.4) is 0 Å². The normalized spacial score (nSPS) is 10.3. The molecule has 4 N–H and O–H groups in total. The monoisotopic (exact) mass is 297 g/mol. The Morgan fingerprint density at radius 2 is 1.81 bits per heavy atom. The number of anilines is 3. The van der Waals surface area contributed by atoms with E-state index < -0.39 is 6.61 Å². The predicted octanol–water partition coefficient (Wildman–Crippen LogP) is 2.12. The van der Waals surface area contributed by atoms with E-state index in [0.29, 0.717) is 23.1 Å². The van der Waals surface area contributed by atoms with Crippen LogP contribution in [0.5, 0.6) is 11.5 Å². The molecule has 0 atom stereocenters. The summed E-state index contributed by atoms with van der Waals surface area (Å²) in [5.74, 6) is 6.40. The van der Waals surface area contributed by atoms with Crippen molar-refractivity contribution in [1.82, 2.24) is 9.97 Å². The second-order valence-electron chi connectivity index (χ2n) is 3.78. The van der Waals surface area contributed by atoms with Crippen molar-refractivity contribution >= 4 is 17.3 Å². The quantitative estimate of drug-likeness (QED) is 0.555. The number of nitrogens with zero attached hydrogens (tertiary/aromatic N) is 2. The van der Waals surface area contributed by atoms with Gasteiger partial charge in [0.25, 0.3) is 0 Å². The molecule has 0 radical (unpaired) electrons. The number of rotatable bonds is 6. The lowest BCUT2D eigenvalue weighted by atomic mass is 10.3. The molecule has 0 aliphatic heterocycles. The van der Waals surface area contributed by atoms with Crippen LogP contribution in [0.4, 0.5) is 26.1 Å². The maximum absolute atomic E-state index is 12.1. The minimum absolute atomic E-state index is 0.0644. The zero-order valence-electron chi connectivity index (χ0n) is 11.0. The van der Waals surface area contributed by atoms with Crippen molar-refractivity contribution < 1.29 is 18.3 Å². The largest absolute Gasteiger partial charge is 0.490 e. The molecule has 0 spiro atoms. The summed E-state index contributed by atoms with van der Waals surface area (Å²) >= 11 is 0. The molecule has 0 amide bonds. The average Bonchev–Trinajstić information content (AvgIpc) is 2.48. The molecule has 0 aliphatic carbocycles. The first-order valence-electron chi connectivity index (χ1n) is 5.81. The van der Waals surface area contributed by atoms with E-state index in [0.717, 1.165) is 0 Å². The van der Waals surface area contributed by atoms with Gasteiger partial charge in [-0.25, -0.2) is 15.8 Å². The number of hydrogen-bond donors (Lipinski definition) is 3. The van der Waals surface area contributed by atoms with Crippen LogP contribution in [0, 0.1) is 0 Å². The highest BCUT2D eigenvalue weighted by Crippen LogP contribution is 2.31. The van der Waals surface area contributed by atoms with Gasteiger partial charge in [-0.15, -0.1) is 0 Å². The van der Waals surface area contributed by atoms with Crippen LogP contribution in [0.1, 0.15) is 0 Å². The van der Waals surface area contributed by atoms with Crippen LogP contribution in [0.2, 0.25) is 0 Å². The summed E-state index contributed by atoms with van der Waals surface area (Å²) in [6, 6.07) is 5.94. The lowest BCUT2D eigenvalue weighted by molar-refractivity contribution is -0.0498. The van der Waals surface area contributed by atoms with Gasteiger partial charge in [-0.2, -0.15) is 8.78 Å². The summed E-state index contributed by atoms with van der Waals surface area (Å²) < 4.78 is 33.5. The van der Waals surface area contributed by atoms with Crippen molar-refractivity contribution in [3.8, 4) is 11.5 Å². The number of ether oxygens (including phenoxy) is 2. The Kier molecular flexibility index (Phi) is 4.67. The SMILES string of the molecule is COc1c(NN)ncnc1Nc1ccc(OC(F)F)cc1. The number of halogens is 2. The Morgan fingerprint density at radius 1 is 1.14 bits per heavy atom. The van der Waals surface area contributed by atoms with Crippen LogP contribution in [0.15, 0.2) is 30.6 Å². The standard InChI is InChI=1S/C12H13F2N5O2/c1-20-9-10(16-6-17-11(9)19-15)18-7-2-4-8(5-3-7)21-12(13)14/h2-6,12H,15H2,1H3,(H2,16,17,18,19). The Bertz CT molecular complexity index is 595. The molecule has 21 heavy (non-hydrogen) atoms. The molecule has 7 nitrogen and oxygen atoms in total. The Labute approximate surface area is 119 Å². The molecule has 112 valence electrons. The fraction of sp³-hybridized carbons (Fsp3) is 0.167. The number of nitrogens with one attached hydrogen (secondary N) is 2. The third kappa shape index (κ3) is 3.66. The van der Waals surface area contributed by atoms with E-state index in [9.17, 15) is 8.78 Å². The van der Waals surface area contributed by atoms with Crippen LogP contribution in [-0.4, -0.2) is 23.7 Å². The van der Waals surface area contributed by atoms with Crippen molar-refractivity contribution in [3.63, 3.8) is 0 Å². The Hall–Kier alpha value is -2.68. The summed E-state index contributed by atoms with van der Waals surface area (Å²) in [6.45, 7) is -2.86. The molecule has 1 aromatic carbocycles. The number of nitrogens with two attached hydrogens (primary N) is 1. The van der Waals surface area contributed by atoms with Crippen LogP contribution in [0.25, 0.3) is 0 Å². The number of nitrogen functional groups attached to an aromatic ring is 1. The number of hydrogen-bond acceptors (Lipinski definition) is 7. The van der Waals surface area contributed by atoms with Crippen molar-refractivity contribution in [3.05, 3.63) is 30.6 Å². The summed E-state index contributed by atoms with van der Waals surface area (Å²) in [5, 5.41) is 2.96. The molecule has 0 saturated heterocycles. The number of alkyl halides is 2. The van der Waals surface area contributed by atoms with Gasteiger partial charge in [0.05, 0.1) is 7.11 Å². The van der Waals surface area contributed by atoms with E-state index in [1.165, 1.54) is 25.6 Å². The molecular formula is C12H13F2N5O2. The third-order valence-electron chi connectivity index (χ3n) is 2.49. The van der Waals surface area contributed by atoms with Crippen LogP contribution in [-0.2, 0) is 0 Å². The highest BCUT2D eigenvalue weighted by molar-refractivity contribution is 5.69. The lowest BCUT2D eigenvalue weighted by Gasteiger charge is -2.12. The first-order valence-corrected chi connectivity index (χ1v) is 5.81. The zero-order valence-corrected chi connectivity index (χ0v) is 11.0. The Morgan fingerprint density at radius 3 is 2.38 bits per heavy atom. The van der Waals surface area contributed by atoms with E-state index in [2.05, 4.69) is 25.4 Å². The maximum atomic E-state index is 12.1. The minimum atomic E-state index is -2.86. The molecular weight excluding hydrogens is 284 g/mol. The van der Waals surface area contributed by atoms with E-state index in [1.807, 2.05) is 0 Å². The topological polar surface area (TPSA) is 94.3 Å². The van der Waals surface area contributed by atoms with Gasteiger partial charge < -0.3 is 20.2 Å². The second-order valence-corrected chi connectivity index (χ2v) is 3.78. The third-order valence-corrected chi connectivity index (χ3v) is 2.49. The van der Waals surface area contributed by atoms with Crippen molar-refractivity contribution in [1.29, 1.82) is 0 Å². The van der Waals surface area contributed by atoms with E-state index in [1.54, 1.807) is 12.1 Å². The summed E-state index contributed by atoms with van der Waals surface area (Å²) in [7, 11) is 1.45. The number of hydrazine groups is 1. The van der Waals surface area contributed by atoms with Crippen LogP contribution >= 0.6 is 0 Å². The van der Waals surface area contributed by atoms with Crippen molar-refractivity contribution in [2.45, 2.75) is 6.61 Å². The molecule has 0 unspecified atom stereocenters. The molecule has 2 rings (SSSR count). The first kappa shape index (κ1) is 14.7. The van der Waals surface area contributed by atoms with Crippen molar-refractivity contribution in [2.24, 2.45) is 5.84 Å². The van der Waals surface area contributed by atoms with Gasteiger partial charge in [-0.3, -0.25) is 0 Å². The smallest absolute Gasteiger partial charge is 0.387 e. The van der Waals surface area contributed by atoms with Gasteiger partial charge in [0.15, 0.2) is 11.6 Å². The van der Waals surface area contributed by atoms with Crippen LogP contribution < -0.4 is 26.1 Å². The minimum Gasteiger partial charge on any atom is -0.490 e. The highest BCUT2D eigenvalue weighted by atomic mass is 19.3. The summed E-state index contributed by atoms with van der Waals surface area (Å²) in [6.07, 6.45) is 1.30. The number of aromatic nitrogens is 2. The van der Waals surface area contributed by atoms with Gasteiger partial charge in [0.2, 0.25) is 5.75 Å². The number of benzene rings is 1. The lowest BCUT2D eigenvalue weighted by Crippen LogP contribution is -2.11. The Balaban J connectivity index is 2.18. The molecule has 0 aliphatic rings.